The standard InChI is InChI=1S/C32H48Cl2N4O7/c1-17(39)45-16-20(31(2,3)4)14-23(40)37-25(19-11-6-5-7-12-19)30(44)38-15-21-24(32(21,33)34)26(38)29(43)36-22(27(41)28(35)42)13-18-9-8-10-18/h18-22,24-26H,5-16H2,1-4H3,(H2,35,42)(H,36,43)(H,37,40)/t20?,21-,22-,24-,25-,26-/m0/s1. The van der Waals surface area contributed by atoms with Crippen molar-refractivity contribution in [2.45, 2.75) is 114 Å². The van der Waals surface area contributed by atoms with Crippen molar-refractivity contribution in [3.05, 3.63) is 0 Å². The third-order valence-corrected chi connectivity index (χ3v) is 11.5. The molecule has 0 spiro atoms. The number of carbonyl (C=O) groups is 6. The van der Waals surface area contributed by atoms with Gasteiger partial charge in [0.1, 0.15) is 16.4 Å². The maximum absolute atomic E-state index is 14.4. The fraction of sp³-hybridized carbons (Fsp3) is 0.812. The molecule has 6 atom stereocenters. The van der Waals surface area contributed by atoms with Gasteiger partial charge in [-0.25, -0.2) is 0 Å². The first kappa shape index (κ1) is 35.5. The van der Waals surface area contributed by atoms with E-state index in [0.717, 1.165) is 51.4 Å². The molecule has 4 fully saturated rings. The number of nitrogens with two attached hydrogens (primary N) is 1. The van der Waals surface area contributed by atoms with Crippen LogP contribution in [0.2, 0.25) is 0 Å². The number of halogens is 2. The Hall–Kier alpha value is -2.40. The van der Waals surface area contributed by atoms with Gasteiger partial charge in [0.2, 0.25) is 23.5 Å². The van der Waals surface area contributed by atoms with E-state index >= 15 is 0 Å². The molecule has 252 valence electrons. The molecule has 11 nitrogen and oxygen atoms in total. The van der Waals surface area contributed by atoms with Crippen LogP contribution in [0.5, 0.6) is 0 Å². The lowest BCUT2D eigenvalue weighted by molar-refractivity contribution is -0.146. The Kier molecular flexibility index (Phi) is 11.2. The van der Waals surface area contributed by atoms with Gasteiger partial charge in [0, 0.05) is 37.6 Å². The smallest absolute Gasteiger partial charge is 0.302 e. The van der Waals surface area contributed by atoms with Gasteiger partial charge in [-0.2, -0.15) is 0 Å². The summed E-state index contributed by atoms with van der Waals surface area (Å²) >= 11 is 13.1. The normalized spacial score (nSPS) is 26.4. The van der Waals surface area contributed by atoms with Crippen LogP contribution in [0, 0.1) is 35.0 Å². The highest BCUT2D eigenvalue weighted by atomic mass is 35.5. The highest BCUT2D eigenvalue weighted by molar-refractivity contribution is 6.51. The molecule has 1 saturated heterocycles. The van der Waals surface area contributed by atoms with Crippen molar-refractivity contribution in [3.63, 3.8) is 0 Å². The fourth-order valence-electron chi connectivity index (χ4n) is 7.17. The number of hydrogen-bond donors (Lipinski definition) is 3. The van der Waals surface area contributed by atoms with E-state index in [0.29, 0.717) is 0 Å². The molecule has 13 heteroatoms. The molecule has 0 aromatic rings. The molecule has 0 bridgehead atoms. The Morgan fingerprint density at radius 1 is 0.978 bits per heavy atom. The molecule has 4 N–H and O–H groups in total. The number of hydrogen-bond acceptors (Lipinski definition) is 7. The van der Waals surface area contributed by atoms with Crippen molar-refractivity contribution in [2.24, 2.45) is 40.7 Å². The molecule has 0 aromatic carbocycles. The monoisotopic (exact) mass is 670 g/mol. The summed E-state index contributed by atoms with van der Waals surface area (Å²) in [7, 11) is 0. The second-order valence-electron chi connectivity index (χ2n) is 14.6. The number of nitrogens with zero attached hydrogens (tertiary/aromatic N) is 1. The first-order valence-corrected chi connectivity index (χ1v) is 17.0. The summed E-state index contributed by atoms with van der Waals surface area (Å²) in [6.45, 7) is 7.41. The maximum Gasteiger partial charge on any atom is 0.302 e. The fourth-order valence-corrected chi connectivity index (χ4v) is 8.00. The number of ketones is 1. The number of esters is 1. The number of carbonyl (C=O) groups excluding carboxylic acids is 6. The van der Waals surface area contributed by atoms with Crippen LogP contribution in [0.15, 0.2) is 0 Å². The van der Waals surface area contributed by atoms with Crippen molar-refractivity contribution in [1.29, 1.82) is 0 Å². The van der Waals surface area contributed by atoms with Gasteiger partial charge >= 0.3 is 5.97 Å². The van der Waals surface area contributed by atoms with E-state index in [9.17, 15) is 28.8 Å². The van der Waals surface area contributed by atoms with E-state index in [-0.39, 0.29) is 61.0 Å². The van der Waals surface area contributed by atoms with Gasteiger partial charge in [-0.15, -0.1) is 23.2 Å². The molecule has 1 unspecified atom stereocenters. The summed E-state index contributed by atoms with van der Waals surface area (Å²) in [5, 5.41) is 5.71. The van der Waals surface area contributed by atoms with Crippen molar-refractivity contribution >= 4 is 58.6 Å². The highest BCUT2D eigenvalue weighted by Gasteiger charge is 2.74. The van der Waals surface area contributed by atoms with Gasteiger partial charge in [-0.05, 0) is 36.5 Å². The number of fused-ring (bicyclic) bond motifs is 1. The summed E-state index contributed by atoms with van der Waals surface area (Å²) in [6.07, 6.45) is 7.50. The predicted octanol–water partition coefficient (Wildman–Crippen LogP) is 3.03. The molecule has 1 aliphatic heterocycles. The average molecular weight is 672 g/mol. The molecule has 4 amide bonds. The molecule has 1 heterocycles. The van der Waals surface area contributed by atoms with Gasteiger partial charge in [0.15, 0.2) is 0 Å². The molecule has 45 heavy (non-hydrogen) atoms. The number of nitrogens with one attached hydrogen (secondary N) is 2. The molecule has 4 aliphatic rings. The van der Waals surface area contributed by atoms with E-state index in [4.69, 9.17) is 33.7 Å². The van der Waals surface area contributed by atoms with Crippen LogP contribution in [0.4, 0.5) is 0 Å². The number of likely N-dealkylation sites (tertiary alicyclic amines) is 1. The molecular formula is C32H48Cl2N4O7. The number of piperidine rings is 1. The van der Waals surface area contributed by atoms with E-state index in [1.165, 1.54) is 11.8 Å². The molecule has 4 rings (SSSR count). The molecular weight excluding hydrogens is 623 g/mol. The SMILES string of the molecule is CC(=O)OCC(CC(=O)N[C@H](C(=O)N1C[C@H]2[C@@H]([C@H]1C(=O)N[C@@H](CC1CCC1)C(=O)C(N)=O)C2(Cl)Cl)C1CCCCC1)C(C)(C)C. The minimum Gasteiger partial charge on any atom is -0.466 e. The zero-order valence-electron chi connectivity index (χ0n) is 26.7. The number of Topliss-reactive ketones (excluding diaryl/α,β-unsaturated/α-hetero) is 1. The van der Waals surface area contributed by atoms with Crippen LogP contribution in [0.1, 0.15) is 91.9 Å². The van der Waals surface area contributed by atoms with E-state index in [1.807, 2.05) is 20.8 Å². The lowest BCUT2D eigenvalue weighted by Crippen LogP contribution is -2.60. The first-order valence-electron chi connectivity index (χ1n) is 16.3. The van der Waals surface area contributed by atoms with Crippen molar-refractivity contribution in [3.8, 4) is 0 Å². The number of alkyl halides is 2. The van der Waals surface area contributed by atoms with E-state index < -0.39 is 57.9 Å². The summed E-state index contributed by atoms with van der Waals surface area (Å²) in [6, 6.07) is -3.05. The quantitative estimate of drug-likeness (QED) is 0.154. The van der Waals surface area contributed by atoms with Crippen LogP contribution in [0.25, 0.3) is 0 Å². The highest BCUT2D eigenvalue weighted by Crippen LogP contribution is 2.65. The Labute approximate surface area is 275 Å². The van der Waals surface area contributed by atoms with Gasteiger partial charge in [-0.3, -0.25) is 28.8 Å². The topological polar surface area (TPSA) is 165 Å². The number of amides is 4. The predicted molar refractivity (Wildman–Crippen MR) is 168 cm³/mol. The molecule has 0 aromatic heterocycles. The minimum absolute atomic E-state index is 0.0486. The van der Waals surface area contributed by atoms with Gasteiger partial charge in [0.25, 0.3) is 5.91 Å². The average Bonchev–Trinajstić information content (AvgIpc) is 3.26. The Morgan fingerprint density at radius 3 is 2.16 bits per heavy atom. The van der Waals surface area contributed by atoms with Crippen molar-refractivity contribution in [1.82, 2.24) is 15.5 Å². The van der Waals surface area contributed by atoms with Gasteiger partial charge in [0.05, 0.1) is 12.6 Å². The first-order chi connectivity index (χ1) is 21.0. The van der Waals surface area contributed by atoms with Crippen LogP contribution >= 0.6 is 23.2 Å². The molecule has 0 radical (unpaired) electrons. The summed E-state index contributed by atoms with van der Waals surface area (Å²) in [5.74, 6) is -4.92. The Bertz CT molecular complexity index is 1180. The van der Waals surface area contributed by atoms with Gasteiger partial charge in [-0.1, -0.05) is 59.3 Å². The number of rotatable bonds is 13. The van der Waals surface area contributed by atoms with Crippen LogP contribution in [-0.4, -0.2) is 75.9 Å². The van der Waals surface area contributed by atoms with Crippen molar-refractivity contribution < 1.29 is 33.5 Å². The van der Waals surface area contributed by atoms with Gasteiger partial charge < -0.3 is 26.0 Å². The molecule has 3 aliphatic carbocycles. The lowest BCUT2D eigenvalue weighted by Gasteiger charge is -2.37. The minimum atomic E-state index is -1.21. The van der Waals surface area contributed by atoms with E-state index in [2.05, 4.69) is 10.6 Å². The second kappa shape index (κ2) is 14.2. The number of ether oxygens (including phenoxy) is 1. The third-order valence-electron chi connectivity index (χ3n) is 10.4. The zero-order valence-corrected chi connectivity index (χ0v) is 28.3. The largest absolute Gasteiger partial charge is 0.466 e. The maximum atomic E-state index is 14.4. The van der Waals surface area contributed by atoms with E-state index in [1.54, 1.807) is 0 Å². The van der Waals surface area contributed by atoms with Crippen LogP contribution < -0.4 is 16.4 Å². The molecule has 3 saturated carbocycles. The third kappa shape index (κ3) is 8.31. The second-order valence-corrected chi connectivity index (χ2v) is 16.0. The van der Waals surface area contributed by atoms with Crippen LogP contribution in [-0.2, 0) is 33.5 Å². The summed E-state index contributed by atoms with van der Waals surface area (Å²) in [5.41, 5.74) is 4.96. The lowest BCUT2D eigenvalue weighted by atomic mass is 9.78. The zero-order chi connectivity index (χ0) is 33.3. The Balaban J connectivity index is 1.55. The Morgan fingerprint density at radius 2 is 1.62 bits per heavy atom. The van der Waals surface area contributed by atoms with Crippen molar-refractivity contribution in [2.75, 3.05) is 13.2 Å². The summed E-state index contributed by atoms with van der Waals surface area (Å²) < 4.78 is 4.03. The number of primary amides is 1. The summed E-state index contributed by atoms with van der Waals surface area (Å²) in [4.78, 5) is 79.2. The van der Waals surface area contributed by atoms with Crippen LogP contribution in [0.3, 0.4) is 0 Å².